The van der Waals surface area contributed by atoms with Crippen molar-refractivity contribution in [1.82, 2.24) is 14.8 Å². The lowest BCUT2D eigenvalue weighted by Crippen LogP contribution is -2.34. The minimum absolute atomic E-state index is 0.122. The summed E-state index contributed by atoms with van der Waals surface area (Å²) in [7, 11) is 5.22. The summed E-state index contributed by atoms with van der Waals surface area (Å²) >= 11 is 0. The van der Waals surface area contributed by atoms with Gasteiger partial charge in [0.15, 0.2) is 0 Å². The zero-order valence-electron chi connectivity index (χ0n) is 19.5. The number of likely N-dealkylation sites (N-methyl/N-ethyl adjacent to an activating group) is 1. The molecule has 3 aromatic rings. The van der Waals surface area contributed by atoms with Crippen molar-refractivity contribution in [2.75, 3.05) is 40.9 Å². The molecule has 0 spiro atoms. The molecule has 1 aliphatic heterocycles. The van der Waals surface area contributed by atoms with Gasteiger partial charge in [-0.3, -0.25) is 14.7 Å². The Kier molecular flexibility index (Phi) is 7.25. The third-order valence-corrected chi connectivity index (χ3v) is 6.23. The van der Waals surface area contributed by atoms with Gasteiger partial charge in [0.25, 0.3) is 0 Å². The molecule has 1 fully saturated rings. The summed E-state index contributed by atoms with van der Waals surface area (Å²) in [5, 5.41) is 0. The van der Waals surface area contributed by atoms with Gasteiger partial charge in [-0.15, -0.1) is 0 Å². The summed E-state index contributed by atoms with van der Waals surface area (Å²) in [6.07, 6.45) is 4.34. The van der Waals surface area contributed by atoms with E-state index in [9.17, 15) is 4.79 Å². The van der Waals surface area contributed by atoms with Crippen LogP contribution in [0.25, 0.3) is 11.1 Å². The summed E-state index contributed by atoms with van der Waals surface area (Å²) in [4.78, 5) is 21.7. The molecule has 1 saturated heterocycles. The standard InChI is InChI=1S/C27H31N3O3/c1-29-11-12-30(18-20-13-24(32-2)16-25(14-20)33-3)19-23(27(29)31)15-21-7-4-5-9-26(21)22-8-6-10-28-17-22/h4-10,13-14,16-17,23H,11-12,15,18-19H2,1-3H3. The minimum atomic E-state index is -0.122. The van der Waals surface area contributed by atoms with E-state index in [1.54, 1.807) is 20.4 Å². The van der Waals surface area contributed by atoms with Gasteiger partial charge in [0.05, 0.1) is 20.1 Å². The van der Waals surface area contributed by atoms with E-state index in [4.69, 9.17) is 9.47 Å². The number of amides is 1. The number of carbonyl (C=O) groups is 1. The van der Waals surface area contributed by atoms with Crippen molar-refractivity contribution in [3.63, 3.8) is 0 Å². The number of aromatic nitrogens is 1. The number of methoxy groups -OCH3 is 2. The SMILES string of the molecule is COc1cc(CN2CCN(C)C(=O)C(Cc3ccccc3-c3cccnc3)C2)cc(OC)c1. The van der Waals surface area contributed by atoms with Crippen LogP contribution in [-0.2, 0) is 17.8 Å². The van der Waals surface area contributed by atoms with Crippen LogP contribution in [0, 0.1) is 5.92 Å². The fourth-order valence-corrected chi connectivity index (χ4v) is 4.47. The van der Waals surface area contributed by atoms with Gasteiger partial charge in [-0.1, -0.05) is 30.3 Å². The maximum atomic E-state index is 13.2. The first-order valence-corrected chi connectivity index (χ1v) is 11.2. The minimum Gasteiger partial charge on any atom is -0.497 e. The second kappa shape index (κ2) is 10.5. The molecule has 172 valence electrons. The van der Waals surface area contributed by atoms with Crippen molar-refractivity contribution < 1.29 is 14.3 Å². The van der Waals surface area contributed by atoms with E-state index in [-0.39, 0.29) is 11.8 Å². The molecule has 0 bridgehead atoms. The largest absolute Gasteiger partial charge is 0.497 e. The Morgan fingerprint density at radius 3 is 2.45 bits per heavy atom. The Bertz CT molecular complexity index is 1060. The van der Waals surface area contributed by atoms with Crippen LogP contribution >= 0.6 is 0 Å². The molecule has 6 heteroatoms. The van der Waals surface area contributed by atoms with Crippen LogP contribution < -0.4 is 9.47 Å². The zero-order chi connectivity index (χ0) is 23.2. The quantitative estimate of drug-likeness (QED) is 0.552. The van der Waals surface area contributed by atoms with Gasteiger partial charge in [0.2, 0.25) is 5.91 Å². The van der Waals surface area contributed by atoms with E-state index in [0.29, 0.717) is 19.5 Å². The van der Waals surface area contributed by atoms with E-state index in [1.165, 1.54) is 5.56 Å². The fourth-order valence-electron chi connectivity index (χ4n) is 4.47. The Morgan fingerprint density at radius 2 is 1.76 bits per heavy atom. The van der Waals surface area contributed by atoms with Gasteiger partial charge in [0, 0.05) is 57.3 Å². The van der Waals surface area contributed by atoms with Crippen molar-refractivity contribution in [1.29, 1.82) is 0 Å². The first kappa shape index (κ1) is 22.8. The van der Waals surface area contributed by atoms with Gasteiger partial charge < -0.3 is 14.4 Å². The number of benzene rings is 2. The molecule has 6 nitrogen and oxygen atoms in total. The molecule has 1 atom stereocenters. The average molecular weight is 446 g/mol. The lowest BCUT2D eigenvalue weighted by Gasteiger charge is -2.24. The number of hydrogen-bond donors (Lipinski definition) is 0. The van der Waals surface area contributed by atoms with E-state index >= 15 is 0 Å². The van der Waals surface area contributed by atoms with Crippen molar-refractivity contribution >= 4 is 5.91 Å². The molecule has 0 N–H and O–H groups in total. The normalized spacial score (nSPS) is 17.0. The molecule has 33 heavy (non-hydrogen) atoms. The highest BCUT2D eigenvalue weighted by molar-refractivity contribution is 5.80. The topological polar surface area (TPSA) is 54.9 Å². The van der Waals surface area contributed by atoms with Gasteiger partial charge in [0.1, 0.15) is 11.5 Å². The highest BCUT2D eigenvalue weighted by Crippen LogP contribution is 2.28. The van der Waals surface area contributed by atoms with Crippen molar-refractivity contribution in [2.24, 2.45) is 5.92 Å². The Morgan fingerprint density at radius 1 is 1.00 bits per heavy atom. The molecule has 0 radical (unpaired) electrons. The second-order valence-electron chi connectivity index (χ2n) is 8.52. The van der Waals surface area contributed by atoms with E-state index in [0.717, 1.165) is 41.3 Å². The first-order valence-electron chi connectivity index (χ1n) is 11.2. The van der Waals surface area contributed by atoms with E-state index in [1.807, 2.05) is 54.5 Å². The lowest BCUT2D eigenvalue weighted by atomic mass is 9.91. The molecule has 1 unspecified atom stereocenters. The van der Waals surface area contributed by atoms with Crippen LogP contribution in [0.3, 0.4) is 0 Å². The molecule has 2 aromatic carbocycles. The van der Waals surface area contributed by atoms with Crippen LogP contribution in [0.4, 0.5) is 0 Å². The number of ether oxygens (including phenoxy) is 2. The maximum absolute atomic E-state index is 13.2. The van der Waals surface area contributed by atoms with E-state index < -0.39 is 0 Å². The summed E-state index contributed by atoms with van der Waals surface area (Å²) < 4.78 is 10.9. The van der Waals surface area contributed by atoms with Crippen molar-refractivity contribution in [3.05, 3.63) is 78.1 Å². The fraction of sp³-hybridized carbons (Fsp3) is 0.333. The second-order valence-corrected chi connectivity index (χ2v) is 8.52. The number of hydrogen-bond acceptors (Lipinski definition) is 5. The Balaban J connectivity index is 1.57. The third-order valence-electron chi connectivity index (χ3n) is 6.23. The highest BCUT2D eigenvalue weighted by atomic mass is 16.5. The molecular formula is C27H31N3O3. The maximum Gasteiger partial charge on any atom is 0.227 e. The monoisotopic (exact) mass is 445 g/mol. The molecule has 4 rings (SSSR count). The molecule has 0 saturated carbocycles. The zero-order valence-corrected chi connectivity index (χ0v) is 19.5. The number of rotatable bonds is 7. The first-order chi connectivity index (χ1) is 16.1. The van der Waals surface area contributed by atoms with Crippen molar-refractivity contribution in [3.8, 4) is 22.6 Å². The molecule has 1 aromatic heterocycles. The van der Waals surface area contributed by atoms with Gasteiger partial charge in [-0.2, -0.15) is 0 Å². The molecule has 0 aliphatic carbocycles. The molecule has 1 amide bonds. The van der Waals surface area contributed by atoms with Gasteiger partial charge in [-0.25, -0.2) is 0 Å². The molecule has 2 heterocycles. The number of carbonyl (C=O) groups excluding carboxylic acids is 1. The highest BCUT2D eigenvalue weighted by Gasteiger charge is 2.29. The number of pyridine rings is 1. The third kappa shape index (κ3) is 5.52. The Hall–Kier alpha value is -3.38. The van der Waals surface area contributed by atoms with Gasteiger partial charge in [-0.05, 0) is 41.3 Å². The lowest BCUT2D eigenvalue weighted by molar-refractivity contribution is -0.133. The van der Waals surface area contributed by atoms with Crippen molar-refractivity contribution in [2.45, 2.75) is 13.0 Å². The summed E-state index contributed by atoms with van der Waals surface area (Å²) in [5.41, 5.74) is 4.48. The summed E-state index contributed by atoms with van der Waals surface area (Å²) in [6.45, 7) is 2.96. The van der Waals surface area contributed by atoms with Gasteiger partial charge >= 0.3 is 0 Å². The Labute approximate surface area is 195 Å². The molecule has 1 aliphatic rings. The summed E-state index contributed by atoms with van der Waals surface area (Å²) in [5.74, 6) is 1.62. The predicted octanol–water partition coefficient (Wildman–Crippen LogP) is 3.90. The number of nitrogens with zero attached hydrogens (tertiary/aromatic N) is 3. The van der Waals surface area contributed by atoms with E-state index in [2.05, 4.69) is 28.1 Å². The van der Waals surface area contributed by atoms with Crippen LogP contribution in [0.15, 0.2) is 67.0 Å². The summed E-state index contributed by atoms with van der Waals surface area (Å²) in [6, 6.07) is 18.3. The van der Waals surface area contributed by atoms with Crippen LogP contribution in [0.1, 0.15) is 11.1 Å². The molecular weight excluding hydrogens is 414 g/mol. The smallest absolute Gasteiger partial charge is 0.227 e. The van der Waals surface area contributed by atoms with Crippen LogP contribution in [0.2, 0.25) is 0 Å². The van der Waals surface area contributed by atoms with Crippen LogP contribution in [0.5, 0.6) is 11.5 Å². The predicted molar refractivity (Wildman–Crippen MR) is 129 cm³/mol. The van der Waals surface area contributed by atoms with Crippen LogP contribution in [-0.4, -0.2) is 61.6 Å². The average Bonchev–Trinajstić information content (AvgIpc) is 2.98.